The van der Waals surface area contributed by atoms with E-state index in [0.29, 0.717) is 39.7 Å². The molecule has 0 atom stereocenters. The van der Waals surface area contributed by atoms with Gasteiger partial charge < -0.3 is 15.2 Å². The normalized spacial score (nSPS) is 10.6. The number of halogens is 1. The van der Waals surface area contributed by atoms with E-state index in [1.165, 1.54) is 14.2 Å². The van der Waals surface area contributed by atoms with Crippen LogP contribution in [0.1, 0.15) is 11.1 Å². The van der Waals surface area contributed by atoms with Crippen molar-refractivity contribution in [2.75, 3.05) is 20.0 Å². The zero-order valence-corrected chi connectivity index (χ0v) is 11.3. The second-order valence-electron chi connectivity index (χ2n) is 4.21. The van der Waals surface area contributed by atoms with Gasteiger partial charge in [0.1, 0.15) is 11.6 Å². The molecule has 6 heteroatoms. The molecule has 2 rings (SSSR count). The average Bonchev–Trinajstić information content (AvgIpc) is 2.81. The Morgan fingerprint density at radius 3 is 2.26 bits per heavy atom. The number of rotatable bonds is 3. The zero-order valence-electron chi connectivity index (χ0n) is 11.3. The lowest BCUT2D eigenvalue weighted by molar-refractivity contribution is 0.350. The predicted molar refractivity (Wildman–Crippen MR) is 71.0 cm³/mol. The number of nitrogens with two attached hydrogens (primary N) is 1. The third kappa shape index (κ3) is 1.99. The van der Waals surface area contributed by atoms with Gasteiger partial charge in [0.25, 0.3) is 0 Å². The number of nitrogens with zero attached hydrogens (tertiary/aromatic N) is 1. The Bertz CT molecular complexity index is 623. The van der Waals surface area contributed by atoms with E-state index < -0.39 is 0 Å². The molecule has 19 heavy (non-hydrogen) atoms. The lowest BCUT2D eigenvalue weighted by Gasteiger charge is -2.17. The maximum absolute atomic E-state index is 14.2. The Labute approximate surface area is 110 Å². The van der Waals surface area contributed by atoms with Gasteiger partial charge in [-0.15, -0.1) is 0 Å². The van der Waals surface area contributed by atoms with Gasteiger partial charge in [-0.25, -0.2) is 4.39 Å². The molecule has 5 nitrogen and oxygen atoms in total. The molecule has 0 unspecified atom stereocenters. The maximum Gasteiger partial charge on any atom is 0.170 e. The Balaban J connectivity index is 2.82. The number of anilines is 1. The first-order valence-corrected chi connectivity index (χ1v) is 5.73. The van der Waals surface area contributed by atoms with Gasteiger partial charge >= 0.3 is 0 Å². The van der Waals surface area contributed by atoms with Gasteiger partial charge in [0.2, 0.25) is 0 Å². The van der Waals surface area contributed by atoms with E-state index in [9.17, 15) is 4.39 Å². The number of H-pyrrole nitrogens is 1. The van der Waals surface area contributed by atoms with Crippen molar-refractivity contribution < 1.29 is 13.9 Å². The molecule has 0 amide bonds. The molecule has 0 aliphatic rings. The summed E-state index contributed by atoms with van der Waals surface area (Å²) in [5.41, 5.74) is 7.60. The van der Waals surface area contributed by atoms with Gasteiger partial charge in [0.05, 0.1) is 25.5 Å². The molecule has 0 bridgehead atoms. The highest BCUT2D eigenvalue weighted by molar-refractivity contribution is 5.77. The molecule has 0 aliphatic heterocycles. The van der Waals surface area contributed by atoms with Crippen LogP contribution in [0.25, 0.3) is 11.3 Å². The summed E-state index contributed by atoms with van der Waals surface area (Å²) < 4.78 is 24.9. The first kappa shape index (κ1) is 13.2. The summed E-state index contributed by atoms with van der Waals surface area (Å²) in [6.07, 6.45) is 0. The van der Waals surface area contributed by atoms with Crippen molar-refractivity contribution in [2.45, 2.75) is 13.8 Å². The molecule has 0 radical (unpaired) electrons. The van der Waals surface area contributed by atoms with Gasteiger partial charge in [-0.1, -0.05) is 0 Å². The molecule has 0 saturated heterocycles. The molecule has 102 valence electrons. The minimum atomic E-state index is -0.333. The van der Waals surface area contributed by atoms with Crippen LogP contribution < -0.4 is 15.2 Å². The molecule has 0 spiro atoms. The van der Waals surface area contributed by atoms with Crippen molar-refractivity contribution in [3.63, 3.8) is 0 Å². The smallest absolute Gasteiger partial charge is 0.170 e. The number of hydrogen-bond donors (Lipinski definition) is 2. The van der Waals surface area contributed by atoms with Gasteiger partial charge in [-0.05, 0) is 19.4 Å². The predicted octanol–water partition coefficient (Wildman–Crippen LogP) is 2.43. The van der Waals surface area contributed by atoms with Crippen molar-refractivity contribution in [1.29, 1.82) is 0 Å². The number of nitrogen functional groups attached to an aromatic ring is 1. The number of aromatic nitrogens is 2. The van der Waals surface area contributed by atoms with Crippen LogP contribution in [0.15, 0.2) is 6.07 Å². The fourth-order valence-electron chi connectivity index (χ4n) is 2.17. The van der Waals surface area contributed by atoms with E-state index in [-0.39, 0.29) is 5.82 Å². The van der Waals surface area contributed by atoms with E-state index >= 15 is 0 Å². The van der Waals surface area contributed by atoms with Crippen LogP contribution in [0.4, 0.5) is 10.2 Å². The van der Waals surface area contributed by atoms with E-state index in [2.05, 4.69) is 10.2 Å². The molecule has 2 aromatic rings. The highest BCUT2D eigenvalue weighted by Crippen LogP contribution is 2.43. The fourth-order valence-corrected chi connectivity index (χ4v) is 2.17. The van der Waals surface area contributed by atoms with Crippen LogP contribution in [0.2, 0.25) is 0 Å². The number of methoxy groups -OCH3 is 2. The van der Waals surface area contributed by atoms with Gasteiger partial charge in [0.15, 0.2) is 11.5 Å². The lowest BCUT2D eigenvalue weighted by atomic mass is 9.99. The summed E-state index contributed by atoms with van der Waals surface area (Å²) in [6.45, 7) is 3.32. The number of aromatic amines is 1. The first-order valence-electron chi connectivity index (χ1n) is 5.73. The lowest BCUT2D eigenvalue weighted by Crippen LogP contribution is -2.02. The summed E-state index contributed by atoms with van der Waals surface area (Å²) in [5.74, 6) is 0.827. The molecule has 0 fully saturated rings. The van der Waals surface area contributed by atoms with Crippen LogP contribution in [0.3, 0.4) is 0 Å². The third-order valence-corrected chi connectivity index (χ3v) is 3.08. The van der Waals surface area contributed by atoms with Crippen molar-refractivity contribution in [3.05, 3.63) is 23.0 Å². The van der Waals surface area contributed by atoms with Crippen LogP contribution in [-0.2, 0) is 0 Å². The van der Waals surface area contributed by atoms with Crippen LogP contribution in [-0.4, -0.2) is 24.4 Å². The van der Waals surface area contributed by atoms with Crippen LogP contribution in [0, 0.1) is 19.7 Å². The minimum absolute atomic E-state index is 0.330. The summed E-state index contributed by atoms with van der Waals surface area (Å²) in [7, 11) is 2.99. The monoisotopic (exact) mass is 265 g/mol. The van der Waals surface area contributed by atoms with Gasteiger partial charge in [-0.2, -0.15) is 5.10 Å². The van der Waals surface area contributed by atoms with E-state index in [4.69, 9.17) is 15.2 Å². The Hall–Kier alpha value is -2.24. The highest BCUT2D eigenvalue weighted by atomic mass is 19.1. The SMILES string of the molecule is COc1c(C)c(F)c(C)c(-c2cc(N)n[nH]2)c1OC. The highest BCUT2D eigenvalue weighted by Gasteiger charge is 2.23. The fraction of sp³-hybridized carbons (Fsp3) is 0.308. The standard InChI is InChI=1S/C13H16FN3O2/c1-6-10(8-5-9(15)17-16-8)13(19-4)12(18-3)7(2)11(6)14/h5H,1-4H3,(H3,15,16,17). The summed E-state index contributed by atoms with van der Waals surface area (Å²) in [5, 5.41) is 6.61. The number of ether oxygens (including phenoxy) is 2. The Morgan fingerprint density at radius 2 is 1.79 bits per heavy atom. The topological polar surface area (TPSA) is 73.2 Å². The Kier molecular flexibility index (Phi) is 3.33. The van der Waals surface area contributed by atoms with Gasteiger partial charge in [0, 0.05) is 11.6 Å². The molecule has 0 aliphatic carbocycles. The molecular formula is C13H16FN3O2. The Morgan fingerprint density at radius 1 is 1.16 bits per heavy atom. The first-order chi connectivity index (χ1) is 9.01. The van der Waals surface area contributed by atoms with E-state index in [1.807, 2.05) is 0 Å². The van der Waals surface area contributed by atoms with Crippen molar-refractivity contribution in [1.82, 2.24) is 10.2 Å². The summed E-state index contributed by atoms with van der Waals surface area (Å²) in [6, 6.07) is 1.62. The molecule has 0 saturated carbocycles. The second-order valence-corrected chi connectivity index (χ2v) is 4.21. The second kappa shape index (κ2) is 4.79. The number of nitrogens with one attached hydrogen (secondary N) is 1. The molecule has 1 heterocycles. The van der Waals surface area contributed by atoms with Crippen molar-refractivity contribution in [2.24, 2.45) is 0 Å². The average molecular weight is 265 g/mol. The molecule has 1 aromatic heterocycles. The zero-order chi connectivity index (χ0) is 14.2. The minimum Gasteiger partial charge on any atom is -0.492 e. The number of benzene rings is 1. The summed E-state index contributed by atoms with van der Waals surface area (Å²) >= 11 is 0. The van der Waals surface area contributed by atoms with E-state index in [1.54, 1.807) is 19.9 Å². The van der Waals surface area contributed by atoms with Crippen LogP contribution >= 0.6 is 0 Å². The quantitative estimate of drug-likeness (QED) is 0.894. The third-order valence-electron chi connectivity index (χ3n) is 3.08. The molecular weight excluding hydrogens is 249 g/mol. The van der Waals surface area contributed by atoms with Crippen LogP contribution in [0.5, 0.6) is 11.5 Å². The summed E-state index contributed by atoms with van der Waals surface area (Å²) in [4.78, 5) is 0. The number of hydrogen-bond acceptors (Lipinski definition) is 4. The van der Waals surface area contributed by atoms with Crippen molar-refractivity contribution >= 4 is 5.82 Å². The van der Waals surface area contributed by atoms with E-state index in [0.717, 1.165) is 0 Å². The molecule has 1 aromatic carbocycles. The largest absolute Gasteiger partial charge is 0.492 e. The van der Waals surface area contributed by atoms with Gasteiger partial charge in [-0.3, -0.25) is 5.10 Å². The maximum atomic E-state index is 14.2. The van der Waals surface area contributed by atoms with Crippen molar-refractivity contribution in [3.8, 4) is 22.8 Å². The molecule has 3 N–H and O–H groups in total.